The van der Waals surface area contributed by atoms with E-state index in [0.29, 0.717) is 23.5 Å². The van der Waals surface area contributed by atoms with Gasteiger partial charge in [0.25, 0.3) is 5.91 Å². The number of carboxylic acids is 1. The third-order valence-corrected chi connectivity index (χ3v) is 4.06. The van der Waals surface area contributed by atoms with E-state index in [2.05, 4.69) is 5.32 Å². The molecule has 0 unspecified atom stereocenters. The first kappa shape index (κ1) is 12.9. The minimum Gasteiger partial charge on any atom is -0.496 e. The van der Waals surface area contributed by atoms with Crippen molar-refractivity contribution in [2.24, 2.45) is 5.92 Å². The third-order valence-electron chi connectivity index (χ3n) is 3.15. The van der Waals surface area contributed by atoms with Crippen LogP contribution in [0.1, 0.15) is 28.9 Å². The van der Waals surface area contributed by atoms with Crippen LogP contribution in [0.5, 0.6) is 5.75 Å². The second-order valence-corrected chi connectivity index (χ2v) is 5.28. The highest BCUT2D eigenvalue weighted by atomic mass is 32.1. The van der Waals surface area contributed by atoms with Crippen LogP contribution >= 0.6 is 11.3 Å². The minimum absolute atomic E-state index is 0.0355. The van der Waals surface area contributed by atoms with E-state index in [1.54, 1.807) is 18.6 Å². The second-order valence-electron chi connectivity index (χ2n) is 4.37. The molecule has 2 N–H and O–H groups in total. The van der Waals surface area contributed by atoms with Crippen LogP contribution in [0.3, 0.4) is 0 Å². The van der Waals surface area contributed by atoms with Gasteiger partial charge < -0.3 is 15.2 Å². The molecule has 1 fully saturated rings. The van der Waals surface area contributed by atoms with Gasteiger partial charge in [0.2, 0.25) is 0 Å². The lowest BCUT2D eigenvalue weighted by molar-refractivity contribution is -0.141. The van der Waals surface area contributed by atoms with Gasteiger partial charge in [0.1, 0.15) is 5.75 Å². The number of ether oxygens (including phenoxy) is 1. The molecule has 1 aliphatic carbocycles. The molecule has 0 radical (unpaired) electrons. The predicted molar refractivity (Wildman–Crippen MR) is 67.1 cm³/mol. The number of rotatable bonds is 4. The highest BCUT2D eigenvalue weighted by Gasteiger charge is 2.30. The molecule has 0 saturated heterocycles. The van der Waals surface area contributed by atoms with Crippen LogP contribution < -0.4 is 10.1 Å². The summed E-state index contributed by atoms with van der Waals surface area (Å²) in [5, 5.41) is 13.5. The first-order valence-electron chi connectivity index (χ1n) is 5.76. The van der Waals surface area contributed by atoms with Crippen LogP contribution in [-0.4, -0.2) is 30.1 Å². The summed E-state index contributed by atoms with van der Waals surface area (Å²) >= 11 is 1.32. The summed E-state index contributed by atoms with van der Waals surface area (Å²) < 4.78 is 5.02. The first-order valence-corrected chi connectivity index (χ1v) is 6.64. The van der Waals surface area contributed by atoms with Crippen LogP contribution in [0.25, 0.3) is 0 Å². The number of carbonyl (C=O) groups is 2. The first-order chi connectivity index (χ1) is 8.60. The van der Waals surface area contributed by atoms with Gasteiger partial charge in [-0.15, -0.1) is 11.3 Å². The maximum Gasteiger partial charge on any atom is 0.306 e. The third kappa shape index (κ3) is 2.81. The Bertz CT molecular complexity index is 457. The highest BCUT2D eigenvalue weighted by Crippen LogP contribution is 2.27. The van der Waals surface area contributed by atoms with Crippen molar-refractivity contribution in [2.45, 2.75) is 25.3 Å². The van der Waals surface area contributed by atoms with Crippen LogP contribution in [-0.2, 0) is 4.79 Å². The molecule has 0 spiro atoms. The van der Waals surface area contributed by atoms with E-state index in [1.807, 2.05) is 0 Å². The largest absolute Gasteiger partial charge is 0.496 e. The average molecular weight is 269 g/mol. The van der Waals surface area contributed by atoms with Crippen molar-refractivity contribution >= 4 is 23.2 Å². The number of thiophene rings is 1. The van der Waals surface area contributed by atoms with E-state index < -0.39 is 5.97 Å². The van der Waals surface area contributed by atoms with Gasteiger partial charge in [0.05, 0.1) is 17.9 Å². The molecule has 1 saturated carbocycles. The quantitative estimate of drug-likeness (QED) is 0.873. The molecule has 6 heteroatoms. The number of nitrogens with one attached hydrogen (secondary N) is 1. The molecule has 2 rings (SSSR count). The molecule has 1 aromatic rings. The lowest BCUT2D eigenvalue weighted by atomic mass is 10.1. The molecule has 18 heavy (non-hydrogen) atoms. The second kappa shape index (κ2) is 5.39. The van der Waals surface area contributed by atoms with Gasteiger partial charge in [-0.3, -0.25) is 9.59 Å². The van der Waals surface area contributed by atoms with E-state index in [-0.39, 0.29) is 17.9 Å². The number of carboxylic acid groups (broad SMARTS) is 1. The van der Waals surface area contributed by atoms with Gasteiger partial charge in [0, 0.05) is 17.5 Å². The molecule has 0 bridgehead atoms. The Kier molecular flexibility index (Phi) is 3.86. The van der Waals surface area contributed by atoms with E-state index >= 15 is 0 Å². The normalized spacial score (nSPS) is 22.7. The summed E-state index contributed by atoms with van der Waals surface area (Å²) in [6.45, 7) is 0. The number of amides is 1. The van der Waals surface area contributed by atoms with Gasteiger partial charge in [-0.1, -0.05) is 0 Å². The van der Waals surface area contributed by atoms with E-state index in [0.717, 1.165) is 6.42 Å². The van der Waals surface area contributed by atoms with E-state index in [4.69, 9.17) is 9.84 Å². The van der Waals surface area contributed by atoms with Crippen LogP contribution in [0, 0.1) is 5.92 Å². The van der Waals surface area contributed by atoms with Gasteiger partial charge in [-0.2, -0.15) is 0 Å². The van der Waals surface area contributed by atoms with Crippen molar-refractivity contribution in [3.63, 3.8) is 0 Å². The summed E-state index contributed by atoms with van der Waals surface area (Å²) in [5.41, 5.74) is 0. The fourth-order valence-corrected chi connectivity index (χ4v) is 2.90. The lowest BCUT2D eigenvalue weighted by Crippen LogP contribution is -2.32. The Morgan fingerprint density at radius 2 is 2.28 bits per heavy atom. The summed E-state index contributed by atoms with van der Waals surface area (Å²) in [5.74, 6) is -0.586. The van der Waals surface area contributed by atoms with Crippen molar-refractivity contribution in [2.75, 3.05) is 7.11 Å². The molecule has 5 nitrogen and oxygen atoms in total. The zero-order chi connectivity index (χ0) is 13.1. The maximum absolute atomic E-state index is 11.9. The van der Waals surface area contributed by atoms with Crippen LogP contribution in [0.4, 0.5) is 0 Å². The number of hydrogen-bond acceptors (Lipinski definition) is 4. The number of methoxy groups -OCH3 is 1. The lowest BCUT2D eigenvalue weighted by Gasteiger charge is -2.11. The smallest absolute Gasteiger partial charge is 0.306 e. The Morgan fingerprint density at radius 1 is 1.50 bits per heavy atom. The summed E-state index contributed by atoms with van der Waals surface area (Å²) in [6, 6.07) is 1.65. The molecule has 0 aromatic carbocycles. The van der Waals surface area contributed by atoms with Crippen LogP contribution in [0.2, 0.25) is 0 Å². The molecular formula is C12H15NO4S. The zero-order valence-electron chi connectivity index (χ0n) is 10.0. The summed E-state index contributed by atoms with van der Waals surface area (Å²) in [7, 11) is 1.55. The Balaban J connectivity index is 1.90. The molecule has 1 amide bonds. The van der Waals surface area contributed by atoms with Gasteiger partial charge >= 0.3 is 5.97 Å². The van der Waals surface area contributed by atoms with E-state index in [9.17, 15) is 9.59 Å². The van der Waals surface area contributed by atoms with Crippen molar-refractivity contribution < 1.29 is 19.4 Å². The van der Waals surface area contributed by atoms with Crippen LogP contribution in [0.15, 0.2) is 11.4 Å². The van der Waals surface area contributed by atoms with Gasteiger partial charge in [-0.25, -0.2) is 0 Å². The molecule has 0 aliphatic heterocycles. The Morgan fingerprint density at radius 3 is 2.83 bits per heavy atom. The van der Waals surface area contributed by atoms with Gasteiger partial charge in [-0.05, 0) is 19.3 Å². The molecule has 1 heterocycles. The molecule has 2 atom stereocenters. The fourth-order valence-electron chi connectivity index (χ4n) is 2.14. The van der Waals surface area contributed by atoms with Crippen molar-refractivity contribution in [1.29, 1.82) is 0 Å². The molecule has 1 aromatic heterocycles. The Hall–Kier alpha value is -1.56. The van der Waals surface area contributed by atoms with Crippen molar-refractivity contribution in [1.82, 2.24) is 5.32 Å². The summed E-state index contributed by atoms with van der Waals surface area (Å²) in [6.07, 6.45) is 1.88. The van der Waals surface area contributed by atoms with E-state index in [1.165, 1.54) is 11.3 Å². The Labute approximate surface area is 109 Å². The number of carbonyl (C=O) groups excluding carboxylic acids is 1. The zero-order valence-corrected chi connectivity index (χ0v) is 10.8. The van der Waals surface area contributed by atoms with Crippen molar-refractivity contribution in [3.05, 3.63) is 16.3 Å². The number of hydrogen-bond donors (Lipinski definition) is 2. The molecule has 98 valence electrons. The number of aliphatic carboxylic acids is 1. The average Bonchev–Trinajstić information content (AvgIpc) is 2.96. The minimum atomic E-state index is -0.774. The topological polar surface area (TPSA) is 75.6 Å². The van der Waals surface area contributed by atoms with Crippen molar-refractivity contribution in [3.8, 4) is 5.75 Å². The summed E-state index contributed by atoms with van der Waals surface area (Å²) in [4.78, 5) is 23.3. The molecular weight excluding hydrogens is 254 g/mol. The standard InChI is InChI=1S/C12H15NO4S/c1-17-9-5-10(18-6-9)11(14)13-8-3-2-7(4-8)12(15)16/h5-8H,2-4H2,1H3,(H,13,14)(H,15,16)/t7-,8+/m1/s1. The molecule has 1 aliphatic rings. The highest BCUT2D eigenvalue weighted by molar-refractivity contribution is 7.12. The predicted octanol–water partition coefficient (Wildman–Crippen LogP) is 1.74. The fraction of sp³-hybridized carbons (Fsp3) is 0.500. The van der Waals surface area contributed by atoms with Gasteiger partial charge in [0.15, 0.2) is 0 Å². The maximum atomic E-state index is 11.9. The monoisotopic (exact) mass is 269 g/mol. The SMILES string of the molecule is COc1csc(C(=O)N[C@H]2CC[C@@H](C(=O)O)C2)c1.